The molecule has 0 saturated carbocycles. The van der Waals surface area contributed by atoms with Gasteiger partial charge >= 0.3 is 6.09 Å². The molecule has 3 heterocycles. The minimum atomic E-state index is -0.404. The number of rotatable bonds is 5. The molecule has 0 atom stereocenters. The third-order valence-corrected chi connectivity index (χ3v) is 12.0. The Morgan fingerprint density at radius 1 is 0.466 bits per heavy atom. The van der Waals surface area contributed by atoms with Crippen LogP contribution in [0.4, 0.5) is 16.2 Å². The summed E-state index contributed by atoms with van der Waals surface area (Å²) in [6.07, 6.45) is -0.404. The van der Waals surface area contributed by atoms with Crippen LogP contribution in [0.25, 0.3) is 71.6 Å². The van der Waals surface area contributed by atoms with Gasteiger partial charge in [-0.25, -0.2) is 9.69 Å². The van der Waals surface area contributed by atoms with Crippen molar-refractivity contribution in [2.75, 3.05) is 4.90 Å². The van der Waals surface area contributed by atoms with E-state index in [9.17, 15) is 4.79 Å². The lowest BCUT2D eigenvalue weighted by Crippen LogP contribution is -2.59. The van der Waals surface area contributed by atoms with E-state index in [1.54, 1.807) is 0 Å². The van der Waals surface area contributed by atoms with E-state index < -0.39 is 6.09 Å². The summed E-state index contributed by atoms with van der Waals surface area (Å²) in [5.41, 5.74) is 14.8. The van der Waals surface area contributed by atoms with Gasteiger partial charge in [0, 0.05) is 38.6 Å². The molecule has 10 aromatic rings. The van der Waals surface area contributed by atoms with Crippen molar-refractivity contribution in [2.24, 2.45) is 0 Å². The van der Waals surface area contributed by atoms with Crippen LogP contribution in [0.2, 0.25) is 0 Å². The quantitative estimate of drug-likeness (QED) is 0.165. The second-order valence-electron chi connectivity index (χ2n) is 15.2. The maximum absolute atomic E-state index is 14.6. The van der Waals surface area contributed by atoms with E-state index in [0.29, 0.717) is 5.75 Å². The largest absolute Gasteiger partial charge is 0.424 e. The predicted octanol–water partition coefficient (Wildman–Crippen LogP) is 11.4. The molecule has 12 rings (SSSR count). The predicted molar refractivity (Wildman–Crippen MR) is 240 cm³/mol. The number of amides is 1. The number of benzene rings is 9. The molecule has 58 heavy (non-hydrogen) atoms. The minimum Gasteiger partial charge on any atom is -0.408 e. The molecule has 9 aromatic carbocycles. The number of anilines is 2. The monoisotopic (exact) mass is 740 g/mol. The van der Waals surface area contributed by atoms with Crippen LogP contribution in [0.15, 0.2) is 200 Å². The average Bonchev–Trinajstić information content (AvgIpc) is 3.63. The van der Waals surface area contributed by atoms with E-state index in [1.807, 2.05) is 23.1 Å². The van der Waals surface area contributed by atoms with Crippen LogP contribution >= 0.6 is 0 Å². The van der Waals surface area contributed by atoms with Crippen LogP contribution < -0.4 is 26.0 Å². The highest BCUT2D eigenvalue weighted by Crippen LogP contribution is 2.48. The molecule has 0 N–H and O–H groups in total. The molecular weight excluding hydrogens is 707 g/mol. The molecule has 1 aromatic heterocycles. The van der Waals surface area contributed by atoms with E-state index in [0.717, 1.165) is 83.2 Å². The first kappa shape index (κ1) is 32.6. The van der Waals surface area contributed by atoms with Gasteiger partial charge in [-0.3, -0.25) is 0 Å². The molecule has 0 saturated heterocycles. The third-order valence-electron chi connectivity index (χ3n) is 12.0. The molecule has 0 radical (unpaired) electrons. The second kappa shape index (κ2) is 12.7. The van der Waals surface area contributed by atoms with Gasteiger partial charge in [0.05, 0.1) is 11.2 Å². The molecular formula is C53H33BN2O2. The summed E-state index contributed by atoms with van der Waals surface area (Å²) in [5.74, 6) is 0.592. The molecule has 0 bridgehead atoms. The van der Waals surface area contributed by atoms with Crippen molar-refractivity contribution in [1.82, 2.24) is 4.57 Å². The Morgan fingerprint density at radius 2 is 1.07 bits per heavy atom. The first-order valence-corrected chi connectivity index (χ1v) is 19.8. The van der Waals surface area contributed by atoms with E-state index in [4.69, 9.17) is 4.74 Å². The highest BCUT2D eigenvalue weighted by molar-refractivity contribution is 6.99. The highest BCUT2D eigenvalue weighted by Gasteiger charge is 2.43. The number of carbonyl (C=O) groups excluding carboxylic acids is 1. The van der Waals surface area contributed by atoms with Crippen molar-refractivity contribution in [1.29, 1.82) is 0 Å². The summed E-state index contributed by atoms with van der Waals surface area (Å²) in [4.78, 5) is 16.5. The van der Waals surface area contributed by atoms with Gasteiger partial charge in [-0.1, -0.05) is 152 Å². The summed E-state index contributed by atoms with van der Waals surface area (Å²) in [6, 6.07) is 70.6. The lowest BCUT2D eigenvalue weighted by Gasteiger charge is -2.38. The van der Waals surface area contributed by atoms with E-state index in [-0.39, 0.29) is 6.71 Å². The number of nitrogens with zero attached hydrogens (tertiary/aromatic N) is 2. The lowest BCUT2D eigenvalue weighted by molar-refractivity contribution is 0.210. The molecule has 1 amide bonds. The lowest BCUT2D eigenvalue weighted by atomic mass is 9.34. The molecule has 0 aliphatic carbocycles. The normalized spacial score (nSPS) is 12.9. The number of para-hydroxylation sites is 4. The fourth-order valence-electron chi connectivity index (χ4n) is 9.57. The van der Waals surface area contributed by atoms with Gasteiger partial charge in [-0.15, -0.1) is 0 Å². The Labute approximate surface area is 335 Å². The number of ether oxygens (including phenoxy) is 1. The third kappa shape index (κ3) is 4.80. The first-order valence-electron chi connectivity index (χ1n) is 19.8. The van der Waals surface area contributed by atoms with E-state index in [2.05, 4.69) is 187 Å². The number of carbonyl (C=O) groups is 1. The summed E-state index contributed by atoms with van der Waals surface area (Å²) in [6.45, 7) is -0.171. The van der Waals surface area contributed by atoms with E-state index in [1.165, 1.54) is 16.2 Å². The van der Waals surface area contributed by atoms with Crippen LogP contribution in [-0.4, -0.2) is 17.4 Å². The first-order chi connectivity index (χ1) is 28.7. The Kier molecular flexibility index (Phi) is 7.14. The summed E-state index contributed by atoms with van der Waals surface area (Å²) in [5, 5.41) is 4.36. The van der Waals surface area contributed by atoms with Crippen LogP contribution in [0.5, 0.6) is 5.75 Å². The summed E-state index contributed by atoms with van der Waals surface area (Å²) < 4.78 is 8.95. The Balaban J connectivity index is 1.14. The number of hydrogen-bond acceptors (Lipinski definition) is 2. The van der Waals surface area contributed by atoms with Crippen molar-refractivity contribution < 1.29 is 9.53 Å². The maximum Gasteiger partial charge on any atom is 0.424 e. The van der Waals surface area contributed by atoms with Crippen molar-refractivity contribution >= 4 is 73.1 Å². The van der Waals surface area contributed by atoms with Gasteiger partial charge < -0.3 is 9.30 Å². The van der Waals surface area contributed by atoms with Crippen LogP contribution in [0, 0.1) is 0 Å². The average molecular weight is 741 g/mol. The number of fused-ring (bicyclic) bond motifs is 5. The van der Waals surface area contributed by atoms with Crippen molar-refractivity contribution in [3.63, 3.8) is 0 Å². The Bertz CT molecular complexity index is 3230. The smallest absolute Gasteiger partial charge is 0.408 e. The number of hydrogen-bond donors (Lipinski definition) is 0. The molecule has 0 unspecified atom stereocenters. The van der Waals surface area contributed by atoms with Crippen LogP contribution in [-0.2, 0) is 0 Å². The van der Waals surface area contributed by atoms with Gasteiger partial charge in [-0.2, -0.15) is 0 Å². The molecule has 0 spiro atoms. The van der Waals surface area contributed by atoms with Gasteiger partial charge in [-0.05, 0) is 98.1 Å². The summed E-state index contributed by atoms with van der Waals surface area (Å²) >= 11 is 0. The Morgan fingerprint density at radius 3 is 1.83 bits per heavy atom. The van der Waals surface area contributed by atoms with Gasteiger partial charge in [0.2, 0.25) is 6.71 Å². The zero-order chi connectivity index (χ0) is 38.3. The topological polar surface area (TPSA) is 34.5 Å². The molecule has 2 aliphatic heterocycles. The molecule has 0 fully saturated rings. The fraction of sp³-hybridized carbons (Fsp3) is 0. The van der Waals surface area contributed by atoms with Crippen molar-refractivity contribution in [3.05, 3.63) is 200 Å². The summed E-state index contributed by atoms with van der Waals surface area (Å²) in [7, 11) is 0. The Hall–Kier alpha value is -7.63. The molecule has 5 heteroatoms. The number of aromatic nitrogens is 1. The van der Waals surface area contributed by atoms with Gasteiger partial charge in [0.15, 0.2) is 5.75 Å². The highest BCUT2D eigenvalue weighted by atomic mass is 16.6. The van der Waals surface area contributed by atoms with Crippen LogP contribution in [0.3, 0.4) is 0 Å². The van der Waals surface area contributed by atoms with Gasteiger partial charge in [0.25, 0.3) is 0 Å². The van der Waals surface area contributed by atoms with Crippen molar-refractivity contribution in [2.45, 2.75) is 0 Å². The van der Waals surface area contributed by atoms with Crippen molar-refractivity contribution in [3.8, 4) is 44.8 Å². The minimum absolute atomic E-state index is 0.171. The molecule has 270 valence electrons. The van der Waals surface area contributed by atoms with Gasteiger partial charge in [0.1, 0.15) is 0 Å². The zero-order valence-corrected chi connectivity index (χ0v) is 31.3. The molecule has 2 aliphatic rings. The van der Waals surface area contributed by atoms with Crippen LogP contribution in [0.1, 0.15) is 0 Å². The standard InChI is InChI=1S/C53H33BN2O2/c57-53-56-48-26-13-11-23-44(48)54(45-24-14-22-43-42-21-10-12-25-47(42)55(50(43)45)40-19-8-3-9-20-40)46-30-28-36-27-29-41(52(58-53)49(36)51(46)56)39-32-37(34-15-4-1-5-16-34)31-38(33-39)35-17-6-2-7-18-35/h1-33H. The fourth-order valence-corrected chi connectivity index (χ4v) is 9.57. The molecule has 4 nitrogen and oxygen atoms in total. The maximum atomic E-state index is 14.6. The second-order valence-corrected chi connectivity index (χ2v) is 15.2. The SMILES string of the molecule is O=C1Oc2c(-c3cc(-c4ccccc4)cc(-c4ccccc4)c3)ccc3ccc4c(c23)N1c1ccccc1B4c1cccc2c3ccccc3n(-c3ccccc3)c12. The van der Waals surface area contributed by atoms with E-state index >= 15 is 0 Å². The zero-order valence-electron chi connectivity index (χ0n) is 31.3.